The van der Waals surface area contributed by atoms with Gasteiger partial charge >= 0.3 is 0 Å². The summed E-state index contributed by atoms with van der Waals surface area (Å²) in [5, 5.41) is 0. The summed E-state index contributed by atoms with van der Waals surface area (Å²) in [5.74, 6) is 0.273. The molecule has 5 heteroatoms. The molecule has 0 fully saturated rings. The van der Waals surface area contributed by atoms with Crippen LogP contribution in [0.15, 0.2) is 12.3 Å². The van der Waals surface area contributed by atoms with Crippen LogP contribution >= 0.6 is 0 Å². The van der Waals surface area contributed by atoms with Gasteiger partial charge in [-0.2, -0.15) is 0 Å². The van der Waals surface area contributed by atoms with Crippen LogP contribution in [0.1, 0.15) is 17.9 Å². The number of hydrogen-bond acceptors (Lipinski definition) is 3. The summed E-state index contributed by atoms with van der Waals surface area (Å²) < 4.78 is 28.8. The van der Waals surface area contributed by atoms with Crippen molar-refractivity contribution in [2.45, 2.75) is 13.0 Å². The summed E-state index contributed by atoms with van der Waals surface area (Å²) in [6, 6.07) is 1.18. The lowest BCUT2D eigenvalue weighted by atomic mass is 10.4. The van der Waals surface area contributed by atoms with Gasteiger partial charge in [0.15, 0.2) is 5.82 Å². The third-order valence-corrected chi connectivity index (χ3v) is 1.22. The van der Waals surface area contributed by atoms with Gasteiger partial charge in [0.05, 0.1) is 0 Å². The average Bonchev–Trinajstić information content (AvgIpc) is 2.05. The Kier molecular flexibility index (Phi) is 3.04. The molecule has 3 nitrogen and oxygen atoms in total. The van der Waals surface area contributed by atoms with Crippen LogP contribution in [0.3, 0.4) is 0 Å². The van der Waals surface area contributed by atoms with Crippen LogP contribution in [-0.2, 0) is 11.3 Å². The van der Waals surface area contributed by atoms with Crippen LogP contribution in [0, 0.1) is 0 Å². The standard InChI is InChI=1S/C7H8F2N2O/c1-12-4-6-10-3-2-5(11-6)7(8)9/h2-3,7H,4H2,1H3. The van der Waals surface area contributed by atoms with Crippen molar-refractivity contribution in [2.75, 3.05) is 7.11 Å². The molecular formula is C7H8F2N2O. The minimum absolute atomic E-state index is 0.153. The van der Waals surface area contributed by atoms with Crippen LogP contribution < -0.4 is 0 Å². The molecule has 0 saturated carbocycles. The van der Waals surface area contributed by atoms with Gasteiger partial charge in [0.1, 0.15) is 12.3 Å². The number of alkyl halides is 2. The Morgan fingerprint density at radius 2 is 2.33 bits per heavy atom. The third-order valence-electron chi connectivity index (χ3n) is 1.22. The topological polar surface area (TPSA) is 35.0 Å². The monoisotopic (exact) mass is 174 g/mol. The van der Waals surface area contributed by atoms with Crippen LogP contribution in [0.2, 0.25) is 0 Å². The van der Waals surface area contributed by atoms with Gasteiger partial charge in [-0.25, -0.2) is 18.7 Å². The SMILES string of the molecule is COCc1nccc(C(F)F)n1. The summed E-state index contributed by atoms with van der Waals surface area (Å²) in [4.78, 5) is 7.32. The fourth-order valence-corrected chi connectivity index (χ4v) is 0.735. The van der Waals surface area contributed by atoms with E-state index in [2.05, 4.69) is 9.97 Å². The second-order valence-electron chi connectivity index (χ2n) is 2.13. The number of nitrogens with zero attached hydrogens (tertiary/aromatic N) is 2. The molecule has 66 valence electrons. The van der Waals surface area contributed by atoms with E-state index in [-0.39, 0.29) is 18.1 Å². The lowest BCUT2D eigenvalue weighted by Crippen LogP contribution is -2.00. The van der Waals surface area contributed by atoms with E-state index in [1.165, 1.54) is 19.4 Å². The highest BCUT2D eigenvalue weighted by molar-refractivity contribution is 5.02. The number of hydrogen-bond donors (Lipinski definition) is 0. The van der Waals surface area contributed by atoms with Gasteiger partial charge < -0.3 is 4.74 Å². The molecule has 1 aromatic rings. The molecule has 0 bridgehead atoms. The average molecular weight is 174 g/mol. The molecule has 0 unspecified atom stereocenters. The zero-order valence-corrected chi connectivity index (χ0v) is 6.50. The summed E-state index contributed by atoms with van der Waals surface area (Å²) >= 11 is 0. The number of ether oxygens (including phenoxy) is 1. The number of halogens is 2. The van der Waals surface area contributed by atoms with Crippen molar-refractivity contribution >= 4 is 0 Å². The van der Waals surface area contributed by atoms with E-state index in [1.807, 2.05) is 0 Å². The van der Waals surface area contributed by atoms with Gasteiger partial charge in [-0.15, -0.1) is 0 Å². The first-order chi connectivity index (χ1) is 5.74. The zero-order chi connectivity index (χ0) is 8.97. The minimum atomic E-state index is -2.55. The highest BCUT2D eigenvalue weighted by Crippen LogP contribution is 2.14. The van der Waals surface area contributed by atoms with Crippen LogP contribution in [-0.4, -0.2) is 17.1 Å². The first kappa shape index (κ1) is 8.99. The fraction of sp³-hybridized carbons (Fsp3) is 0.429. The van der Waals surface area contributed by atoms with Crippen molar-refractivity contribution in [2.24, 2.45) is 0 Å². The Labute approximate surface area is 68.4 Å². The first-order valence-electron chi connectivity index (χ1n) is 3.33. The van der Waals surface area contributed by atoms with Gasteiger partial charge in [-0.3, -0.25) is 0 Å². The Morgan fingerprint density at radius 3 is 2.92 bits per heavy atom. The van der Waals surface area contributed by atoms with Gasteiger partial charge in [-0.1, -0.05) is 0 Å². The molecule has 1 rings (SSSR count). The lowest BCUT2D eigenvalue weighted by molar-refractivity contribution is 0.142. The maximum Gasteiger partial charge on any atom is 0.280 e. The minimum Gasteiger partial charge on any atom is -0.377 e. The molecule has 0 aromatic carbocycles. The van der Waals surface area contributed by atoms with Gasteiger partial charge in [0.25, 0.3) is 6.43 Å². The van der Waals surface area contributed by atoms with Gasteiger partial charge in [0.2, 0.25) is 0 Å². The van der Waals surface area contributed by atoms with E-state index in [9.17, 15) is 8.78 Å². The fourth-order valence-electron chi connectivity index (χ4n) is 0.735. The van der Waals surface area contributed by atoms with Gasteiger partial charge in [-0.05, 0) is 6.07 Å². The van der Waals surface area contributed by atoms with Gasteiger partial charge in [0, 0.05) is 13.3 Å². The van der Waals surface area contributed by atoms with E-state index < -0.39 is 6.43 Å². The molecule has 1 heterocycles. The second-order valence-corrected chi connectivity index (χ2v) is 2.13. The zero-order valence-electron chi connectivity index (χ0n) is 6.50. The largest absolute Gasteiger partial charge is 0.377 e. The maximum atomic E-state index is 12.1. The number of methoxy groups -OCH3 is 1. The molecule has 0 aliphatic rings. The predicted octanol–water partition coefficient (Wildman–Crippen LogP) is 1.56. The van der Waals surface area contributed by atoms with Crippen molar-refractivity contribution < 1.29 is 13.5 Å². The summed E-state index contributed by atoms with van der Waals surface area (Å²) in [7, 11) is 1.46. The highest BCUT2D eigenvalue weighted by Gasteiger charge is 2.08. The van der Waals surface area contributed by atoms with E-state index in [1.54, 1.807) is 0 Å². The Bertz CT molecular complexity index is 255. The van der Waals surface area contributed by atoms with Crippen LogP contribution in [0.25, 0.3) is 0 Å². The molecule has 0 N–H and O–H groups in total. The highest BCUT2D eigenvalue weighted by atomic mass is 19.3. The molecule has 0 saturated heterocycles. The molecule has 0 aliphatic carbocycles. The normalized spacial score (nSPS) is 10.7. The molecule has 0 spiro atoms. The molecule has 0 radical (unpaired) electrons. The van der Waals surface area contributed by atoms with Crippen molar-refractivity contribution in [1.29, 1.82) is 0 Å². The number of rotatable bonds is 3. The first-order valence-corrected chi connectivity index (χ1v) is 3.33. The maximum absolute atomic E-state index is 12.1. The van der Waals surface area contributed by atoms with Crippen molar-refractivity contribution in [3.63, 3.8) is 0 Å². The van der Waals surface area contributed by atoms with E-state index in [0.29, 0.717) is 0 Å². The summed E-state index contributed by atoms with van der Waals surface area (Å²) in [5.41, 5.74) is -0.267. The molecule has 12 heavy (non-hydrogen) atoms. The predicted molar refractivity (Wildman–Crippen MR) is 37.7 cm³/mol. The van der Waals surface area contributed by atoms with Crippen LogP contribution in [0.5, 0.6) is 0 Å². The van der Waals surface area contributed by atoms with E-state index in [4.69, 9.17) is 4.74 Å². The van der Waals surface area contributed by atoms with Crippen molar-refractivity contribution in [3.05, 3.63) is 23.8 Å². The quantitative estimate of drug-likeness (QED) is 0.697. The molecule has 0 aliphatic heterocycles. The third kappa shape index (κ3) is 2.20. The molecule has 0 atom stereocenters. The van der Waals surface area contributed by atoms with E-state index >= 15 is 0 Å². The molecule has 1 aromatic heterocycles. The molecule has 0 amide bonds. The molecular weight excluding hydrogens is 166 g/mol. The lowest BCUT2D eigenvalue weighted by Gasteiger charge is -2.00. The smallest absolute Gasteiger partial charge is 0.280 e. The van der Waals surface area contributed by atoms with Crippen LogP contribution in [0.4, 0.5) is 8.78 Å². The van der Waals surface area contributed by atoms with Crippen molar-refractivity contribution in [3.8, 4) is 0 Å². The van der Waals surface area contributed by atoms with E-state index in [0.717, 1.165) is 0 Å². The Morgan fingerprint density at radius 1 is 1.58 bits per heavy atom. The second kappa shape index (κ2) is 4.06. The Hall–Kier alpha value is -1.10. The summed E-state index contributed by atoms with van der Waals surface area (Å²) in [6.07, 6.45) is -1.26. The van der Waals surface area contributed by atoms with Crippen molar-refractivity contribution in [1.82, 2.24) is 9.97 Å². The number of aromatic nitrogens is 2. The Balaban J connectivity index is 2.81. The summed E-state index contributed by atoms with van der Waals surface area (Å²) in [6.45, 7) is 0.153.